The molecule has 1 atom stereocenters. The highest BCUT2D eigenvalue weighted by Gasteiger charge is 2.28. The summed E-state index contributed by atoms with van der Waals surface area (Å²) < 4.78 is 43.2. The fourth-order valence-corrected chi connectivity index (χ4v) is 2.36. The largest absolute Gasteiger partial charge is 0.492 e. The lowest BCUT2D eigenvalue weighted by molar-refractivity contribution is -0.136. The van der Waals surface area contributed by atoms with Crippen molar-refractivity contribution in [3.63, 3.8) is 0 Å². The number of alkyl halides is 3. The Balaban J connectivity index is 2.75. The average Bonchev–Trinajstić information content (AvgIpc) is 2.37. The quantitative estimate of drug-likeness (QED) is 0.757. The van der Waals surface area contributed by atoms with E-state index in [4.69, 9.17) is 4.74 Å². The molecule has 1 aromatic carbocycles. The van der Waals surface area contributed by atoms with Gasteiger partial charge in [-0.15, -0.1) is 0 Å². The van der Waals surface area contributed by atoms with Gasteiger partial charge >= 0.3 is 6.18 Å². The van der Waals surface area contributed by atoms with Crippen molar-refractivity contribution in [1.82, 2.24) is 5.32 Å². The zero-order chi connectivity index (χ0) is 15.2. The third-order valence-corrected chi connectivity index (χ3v) is 3.50. The van der Waals surface area contributed by atoms with Crippen molar-refractivity contribution in [2.45, 2.75) is 38.4 Å². The molecule has 0 fully saturated rings. The maximum atomic E-state index is 12.3. The van der Waals surface area contributed by atoms with Crippen molar-refractivity contribution >= 4 is 15.9 Å². The molecule has 0 radical (unpaired) electrons. The van der Waals surface area contributed by atoms with Gasteiger partial charge in [0.05, 0.1) is 11.1 Å². The van der Waals surface area contributed by atoms with Gasteiger partial charge in [-0.25, -0.2) is 0 Å². The second-order valence-electron chi connectivity index (χ2n) is 4.53. The molecule has 0 amide bonds. The lowest BCUT2D eigenvalue weighted by atomic mass is 10.0. The van der Waals surface area contributed by atoms with E-state index in [1.54, 1.807) is 19.2 Å². The van der Waals surface area contributed by atoms with Crippen LogP contribution in [0, 0.1) is 0 Å². The summed E-state index contributed by atoms with van der Waals surface area (Å²) in [6.07, 6.45) is -4.01. The molecule has 20 heavy (non-hydrogen) atoms. The Morgan fingerprint density at radius 3 is 2.55 bits per heavy atom. The van der Waals surface area contributed by atoms with E-state index in [0.29, 0.717) is 12.4 Å². The van der Waals surface area contributed by atoms with Gasteiger partial charge in [0.1, 0.15) is 5.75 Å². The monoisotopic (exact) mass is 353 g/mol. The molecule has 1 aromatic rings. The highest BCUT2D eigenvalue weighted by molar-refractivity contribution is 9.10. The number of hydrogen-bond acceptors (Lipinski definition) is 2. The summed E-state index contributed by atoms with van der Waals surface area (Å²) in [6, 6.07) is 5.07. The lowest BCUT2D eigenvalue weighted by Gasteiger charge is -2.19. The number of halogens is 4. The van der Waals surface area contributed by atoms with Crippen LogP contribution in [0.2, 0.25) is 0 Å². The molecule has 0 aromatic heterocycles. The van der Waals surface area contributed by atoms with Gasteiger partial charge in [0.2, 0.25) is 0 Å². The molecule has 0 saturated carbocycles. The number of nitrogens with one attached hydrogen (secondary N) is 1. The van der Waals surface area contributed by atoms with E-state index >= 15 is 0 Å². The first kappa shape index (κ1) is 17.3. The lowest BCUT2D eigenvalue weighted by Crippen LogP contribution is -2.19. The summed E-state index contributed by atoms with van der Waals surface area (Å²) in [5.41, 5.74) is 0.812. The van der Waals surface area contributed by atoms with Crippen LogP contribution >= 0.6 is 15.9 Å². The maximum Gasteiger partial charge on any atom is 0.389 e. The summed E-state index contributed by atoms with van der Waals surface area (Å²) in [6.45, 7) is 2.62. The molecule has 0 bridgehead atoms. The van der Waals surface area contributed by atoms with Gasteiger partial charge in [-0.1, -0.05) is 13.0 Å². The third kappa shape index (κ3) is 5.71. The maximum absolute atomic E-state index is 12.3. The molecule has 1 N–H and O–H groups in total. The van der Waals surface area contributed by atoms with E-state index in [2.05, 4.69) is 21.2 Å². The van der Waals surface area contributed by atoms with Crippen LogP contribution in [0.4, 0.5) is 13.2 Å². The second-order valence-corrected chi connectivity index (χ2v) is 5.39. The van der Waals surface area contributed by atoms with Crippen molar-refractivity contribution in [2.75, 3.05) is 13.7 Å². The smallest absolute Gasteiger partial charge is 0.389 e. The minimum absolute atomic E-state index is 0.0155. The van der Waals surface area contributed by atoms with Crippen molar-refractivity contribution in [1.29, 1.82) is 0 Å². The molecule has 6 heteroatoms. The van der Waals surface area contributed by atoms with Crippen LogP contribution in [0.5, 0.6) is 5.75 Å². The molecule has 2 nitrogen and oxygen atoms in total. The molecule has 0 spiro atoms. The van der Waals surface area contributed by atoms with E-state index in [9.17, 15) is 13.2 Å². The third-order valence-electron chi connectivity index (χ3n) is 2.88. The van der Waals surface area contributed by atoms with Crippen LogP contribution < -0.4 is 10.1 Å². The first-order chi connectivity index (χ1) is 9.37. The SMILES string of the molecule is CCCOc1ccc(C(CCC(F)(F)F)NC)cc1Br. The highest BCUT2D eigenvalue weighted by Crippen LogP contribution is 2.32. The van der Waals surface area contributed by atoms with Crippen molar-refractivity contribution < 1.29 is 17.9 Å². The molecule has 0 aliphatic carbocycles. The Morgan fingerprint density at radius 1 is 1.35 bits per heavy atom. The molecule has 0 aliphatic rings. The van der Waals surface area contributed by atoms with Crippen LogP contribution in [0.15, 0.2) is 22.7 Å². The summed E-state index contributed by atoms with van der Waals surface area (Å²) in [4.78, 5) is 0. The Bertz CT molecular complexity index is 423. The summed E-state index contributed by atoms with van der Waals surface area (Å²) in [7, 11) is 1.66. The fraction of sp³-hybridized carbons (Fsp3) is 0.571. The Hall–Kier alpha value is -0.750. The molecular formula is C14H19BrF3NO. The molecule has 1 rings (SSSR count). The van der Waals surface area contributed by atoms with E-state index in [1.165, 1.54) is 0 Å². The zero-order valence-electron chi connectivity index (χ0n) is 11.6. The molecule has 0 saturated heterocycles. The van der Waals surface area contributed by atoms with Crippen molar-refractivity contribution in [2.24, 2.45) is 0 Å². The fourth-order valence-electron chi connectivity index (χ4n) is 1.85. The average molecular weight is 354 g/mol. The van der Waals surface area contributed by atoms with Crippen LogP contribution in [-0.2, 0) is 0 Å². The number of rotatable bonds is 7. The van der Waals surface area contributed by atoms with Crippen LogP contribution in [0.3, 0.4) is 0 Å². The first-order valence-corrected chi connectivity index (χ1v) is 7.33. The van der Waals surface area contributed by atoms with Crippen LogP contribution in [-0.4, -0.2) is 19.8 Å². The standard InChI is InChI=1S/C14H19BrF3NO/c1-3-8-20-13-5-4-10(9-11(13)15)12(19-2)6-7-14(16,17)18/h4-5,9,12,19H,3,6-8H2,1-2H3. The van der Waals surface area contributed by atoms with Crippen LogP contribution in [0.25, 0.3) is 0 Å². The Labute approximate surface area is 125 Å². The normalized spacial score (nSPS) is 13.3. The van der Waals surface area contributed by atoms with Crippen LogP contribution in [0.1, 0.15) is 37.8 Å². The summed E-state index contributed by atoms with van der Waals surface area (Å²) in [5.74, 6) is 0.710. The van der Waals surface area contributed by atoms with E-state index in [-0.39, 0.29) is 12.5 Å². The van der Waals surface area contributed by atoms with Gasteiger partial charge in [0.25, 0.3) is 0 Å². The van der Waals surface area contributed by atoms with Gasteiger partial charge in [-0.05, 0) is 53.5 Å². The van der Waals surface area contributed by atoms with E-state index < -0.39 is 12.6 Å². The number of benzene rings is 1. The van der Waals surface area contributed by atoms with Gasteiger partial charge in [-0.2, -0.15) is 13.2 Å². The topological polar surface area (TPSA) is 21.3 Å². The van der Waals surface area contributed by atoms with E-state index in [1.807, 2.05) is 13.0 Å². The molecule has 1 unspecified atom stereocenters. The van der Waals surface area contributed by atoms with Gasteiger partial charge in [-0.3, -0.25) is 0 Å². The predicted octanol–water partition coefficient (Wildman–Crippen LogP) is 4.84. The molecule has 0 aliphatic heterocycles. The number of ether oxygens (including phenoxy) is 1. The van der Waals surface area contributed by atoms with Crippen molar-refractivity contribution in [3.05, 3.63) is 28.2 Å². The minimum Gasteiger partial charge on any atom is -0.492 e. The summed E-state index contributed by atoms with van der Waals surface area (Å²) in [5, 5.41) is 2.92. The van der Waals surface area contributed by atoms with E-state index in [0.717, 1.165) is 16.5 Å². The van der Waals surface area contributed by atoms with Gasteiger partial charge in [0, 0.05) is 12.5 Å². The number of hydrogen-bond donors (Lipinski definition) is 1. The minimum atomic E-state index is -4.13. The highest BCUT2D eigenvalue weighted by atomic mass is 79.9. The summed E-state index contributed by atoms with van der Waals surface area (Å²) >= 11 is 3.39. The van der Waals surface area contributed by atoms with Gasteiger partial charge < -0.3 is 10.1 Å². The zero-order valence-corrected chi connectivity index (χ0v) is 13.1. The second kappa shape index (κ2) is 7.88. The molecular weight excluding hydrogens is 335 g/mol. The predicted molar refractivity (Wildman–Crippen MR) is 77.0 cm³/mol. The molecule has 0 heterocycles. The first-order valence-electron chi connectivity index (χ1n) is 6.53. The Morgan fingerprint density at radius 2 is 2.05 bits per heavy atom. The van der Waals surface area contributed by atoms with Crippen molar-refractivity contribution in [3.8, 4) is 5.75 Å². The van der Waals surface area contributed by atoms with Gasteiger partial charge in [0.15, 0.2) is 0 Å². The Kier molecular flexibility index (Phi) is 6.82. The molecule has 114 valence electrons.